The molecule has 0 aliphatic heterocycles. The van der Waals surface area contributed by atoms with Gasteiger partial charge in [0.1, 0.15) is 17.2 Å². The minimum Gasteiger partial charge on any atom is -0.462 e. The smallest absolute Gasteiger partial charge is 0.338 e. The monoisotopic (exact) mass is 652 g/mol. The van der Waals surface area contributed by atoms with E-state index in [1.807, 2.05) is 6.07 Å². The molecule has 46 heavy (non-hydrogen) atoms. The van der Waals surface area contributed by atoms with Crippen LogP contribution in [0.25, 0.3) is 22.3 Å². The average Bonchev–Trinajstić information content (AvgIpc) is 3.82. The van der Waals surface area contributed by atoms with Crippen molar-refractivity contribution >= 4 is 38.6 Å². The molecule has 10 nitrogen and oxygen atoms in total. The zero-order chi connectivity index (χ0) is 32.8. The van der Waals surface area contributed by atoms with Crippen molar-refractivity contribution in [2.24, 2.45) is 0 Å². The van der Waals surface area contributed by atoms with E-state index in [9.17, 15) is 22.4 Å². The van der Waals surface area contributed by atoms with Crippen molar-refractivity contribution in [1.29, 1.82) is 0 Å². The molecule has 5 rings (SSSR count). The van der Waals surface area contributed by atoms with E-state index >= 15 is 0 Å². The number of ether oxygens (including phenoxy) is 3. The molecule has 4 aromatic rings. The van der Waals surface area contributed by atoms with E-state index in [0.29, 0.717) is 53.2 Å². The molecule has 1 fully saturated rings. The van der Waals surface area contributed by atoms with E-state index in [-0.39, 0.29) is 43.3 Å². The third kappa shape index (κ3) is 7.75. The first-order chi connectivity index (χ1) is 22.1. The zero-order valence-electron chi connectivity index (χ0n) is 26.0. The number of amides is 1. The lowest BCUT2D eigenvalue weighted by Gasteiger charge is -2.25. The Morgan fingerprint density at radius 1 is 1.00 bits per heavy atom. The molecule has 0 saturated heterocycles. The summed E-state index contributed by atoms with van der Waals surface area (Å²) in [6, 6.07) is 16.1. The number of halogens is 1. The highest BCUT2D eigenvalue weighted by molar-refractivity contribution is 7.92. The summed E-state index contributed by atoms with van der Waals surface area (Å²) in [6.07, 6.45) is 2.94. The Labute approximate surface area is 267 Å². The van der Waals surface area contributed by atoms with Crippen LogP contribution in [0.5, 0.6) is 0 Å². The Kier molecular flexibility index (Phi) is 10.4. The number of hydrogen-bond acceptors (Lipinski definition) is 8. The first-order valence-corrected chi connectivity index (χ1v) is 16.9. The van der Waals surface area contributed by atoms with E-state index in [1.54, 1.807) is 37.3 Å². The van der Waals surface area contributed by atoms with Gasteiger partial charge in [-0.05, 0) is 79.3 Å². The highest BCUT2D eigenvalue weighted by atomic mass is 32.2. The van der Waals surface area contributed by atoms with Gasteiger partial charge in [-0.1, -0.05) is 12.1 Å². The van der Waals surface area contributed by atoms with Gasteiger partial charge in [0.05, 0.1) is 62.6 Å². The van der Waals surface area contributed by atoms with E-state index in [0.717, 1.165) is 30.2 Å². The number of sulfonamides is 1. The molecule has 1 saturated carbocycles. The van der Waals surface area contributed by atoms with Crippen molar-refractivity contribution in [3.05, 3.63) is 88.7 Å². The SMILES string of the molecule is CCOC(=O)c1ccc(COCCOCCN(c2cc3oc(-c4ccc(F)cc4)c(C(=O)NC)c3cc2C2CC2)S(C)(=O)=O)cc1. The molecule has 1 amide bonds. The van der Waals surface area contributed by atoms with Gasteiger partial charge in [0.15, 0.2) is 0 Å². The van der Waals surface area contributed by atoms with Crippen LogP contribution < -0.4 is 9.62 Å². The molecule has 0 atom stereocenters. The number of fused-ring (bicyclic) bond motifs is 1. The maximum absolute atomic E-state index is 13.6. The van der Waals surface area contributed by atoms with Gasteiger partial charge in [-0.15, -0.1) is 0 Å². The summed E-state index contributed by atoms with van der Waals surface area (Å²) in [4.78, 5) is 24.8. The lowest BCUT2D eigenvalue weighted by molar-refractivity contribution is 0.0435. The van der Waals surface area contributed by atoms with Crippen LogP contribution in [0.4, 0.5) is 10.1 Å². The number of nitrogens with zero attached hydrogens (tertiary/aromatic N) is 1. The molecular formula is C34H37FN2O8S. The summed E-state index contributed by atoms with van der Waals surface area (Å²) in [5.74, 6) is -0.733. The van der Waals surface area contributed by atoms with Crippen LogP contribution in [0, 0.1) is 5.82 Å². The van der Waals surface area contributed by atoms with Crippen molar-refractivity contribution in [1.82, 2.24) is 5.32 Å². The van der Waals surface area contributed by atoms with Crippen molar-refractivity contribution in [2.75, 3.05) is 50.6 Å². The summed E-state index contributed by atoms with van der Waals surface area (Å²) in [6.45, 7) is 3.12. The predicted molar refractivity (Wildman–Crippen MR) is 172 cm³/mol. The number of carbonyl (C=O) groups excluding carboxylic acids is 2. The minimum absolute atomic E-state index is 0.0627. The number of benzene rings is 3. The van der Waals surface area contributed by atoms with E-state index in [1.165, 1.54) is 35.6 Å². The van der Waals surface area contributed by atoms with Crippen LogP contribution in [0.3, 0.4) is 0 Å². The maximum Gasteiger partial charge on any atom is 0.338 e. The summed E-state index contributed by atoms with van der Waals surface area (Å²) >= 11 is 0. The van der Waals surface area contributed by atoms with E-state index in [4.69, 9.17) is 18.6 Å². The fraction of sp³-hybridized carbons (Fsp3) is 0.353. The Morgan fingerprint density at radius 3 is 2.33 bits per heavy atom. The van der Waals surface area contributed by atoms with E-state index in [2.05, 4.69) is 5.32 Å². The lowest BCUT2D eigenvalue weighted by atomic mass is 10.0. The lowest BCUT2D eigenvalue weighted by Crippen LogP contribution is -2.34. The van der Waals surface area contributed by atoms with Crippen LogP contribution in [0.2, 0.25) is 0 Å². The Hall–Kier alpha value is -4.26. The molecule has 1 N–H and O–H groups in total. The molecule has 1 aliphatic rings. The maximum atomic E-state index is 13.6. The van der Waals surface area contributed by atoms with Gasteiger partial charge in [-0.2, -0.15) is 0 Å². The predicted octanol–water partition coefficient (Wildman–Crippen LogP) is 5.65. The second-order valence-corrected chi connectivity index (χ2v) is 12.9. The second-order valence-electron chi connectivity index (χ2n) is 11.0. The number of carbonyl (C=O) groups is 2. The quantitative estimate of drug-likeness (QED) is 0.129. The summed E-state index contributed by atoms with van der Waals surface area (Å²) in [5, 5.41) is 3.21. The van der Waals surface area contributed by atoms with Crippen molar-refractivity contribution in [2.45, 2.75) is 32.3 Å². The third-order valence-corrected chi connectivity index (χ3v) is 8.81. The molecular weight excluding hydrogens is 615 g/mol. The molecule has 0 unspecified atom stereocenters. The number of nitrogens with one attached hydrogen (secondary N) is 1. The first kappa shape index (κ1) is 33.1. The molecule has 0 bridgehead atoms. The summed E-state index contributed by atoms with van der Waals surface area (Å²) in [7, 11) is -2.20. The number of furan rings is 1. The van der Waals surface area contributed by atoms with Crippen LogP contribution in [-0.2, 0) is 30.8 Å². The minimum atomic E-state index is -3.72. The summed E-state index contributed by atoms with van der Waals surface area (Å²) < 4.78 is 63.6. The highest BCUT2D eigenvalue weighted by Gasteiger charge is 2.33. The highest BCUT2D eigenvalue weighted by Crippen LogP contribution is 2.48. The molecule has 0 radical (unpaired) electrons. The number of anilines is 1. The first-order valence-electron chi connectivity index (χ1n) is 15.1. The van der Waals surface area contributed by atoms with Gasteiger partial charge < -0.3 is 23.9 Å². The van der Waals surface area contributed by atoms with E-state index < -0.39 is 15.8 Å². The van der Waals surface area contributed by atoms with Gasteiger partial charge in [0.2, 0.25) is 10.0 Å². The van der Waals surface area contributed by atoms with Gasteiger partial charge in [-0.3, -0.25) is 9.10 Å². The topological polar surface area (TPSA) is 124 Å². The Morgan fingerprint density at radius 2 is 1.70 bits per heavy atom. The molecule has 1 heterocycles. The number of hydrogen-bond donors (Lipinski definition) is 1. The molecule has 12 heteroatoms. The fourth-order valence-corrected chi connectivity index (χ4v) is 6.14. The van der Waals surface area contributed by atoms with Crippen LogP contribution in [0.15, 0.2) is 65.1 Å². The van der Waals surface area contributed by atoms with Crippen LogP contribution in [-0.4, -0.2) is 66.6 Å². The van der Waals surface area contributed by atoms with Crippen LogP contribution >= 0.6 is 0 Å². The average molecular weight is 653 g/mol. The van der Waals surface area contributed by atoms with Gasteiger partial charge in [-0.25, -0.2) is 17.6 Å². The normalized spacial score (nSPS) is 13.1. The largest absolute Gasteiger partial charge is 0.462 e. The van der Waals surface area contributed by atoms with Crippen molar-refractivity contribution in [3.8, 4) is 11.3 Å². The van der Waals surface area contributed by atoms with Gasteiger partial charge >= 0.3 is 5.97 Å². The molecule has 3 aromatic carbocycles. The molecule has 244 valence electrons. The Balaban J connectivity index is 1.28. The number of esters is 1. The molecule has 1 aliphatic carbocycles. The third-order valence-electron chi connectivity index (χ3n) is 7.63. The van der Waals surface area contributed by atoms with Gasteiger partial charge in [0.25, 0.3) is 5.91 Å². The van der Waals surface area contributed by atoms with Crippen molar-refractivity contribution < 1.29 is 41.0 Å². The zero-order valence-corrected chi connectivity index (χ0v) is 26.8. The second kappa shape index (κ2) is 14.4. The summed E-state index contributed by atoms with van der Waals surface area (Å²) in [5.41, 5.74) is 3.82. The molecule has 0 spiro atoms. The Bertz CT molecular complexity index is 1800. The van der Waals surface area contributed by atoms with Crippen molar-refractivity contribution in [3.63, 3.8) is 0 Å². The standard InChI is InChI=1S/C34H37FN2O8S/c1-4-44-34(39)25-7-5-22(6-8-25)21-43-18-17-42-16-15-37(46(3,40)41)29-20-30-28(19-27(29)23-9-10-23)31(33(38)36-2)32(45-30)24-11-13-26(35)14-12-24/h5-8,11-14,19-20,23H,4,9-10,15-18,21H2,1-3H3,(H,36,38). The van der Waals surface area contributed by atoms with Gasteiger partial charge in [0, 0.05) is 24.1 Å². The fourth-order valence-electron chi connectivity index (χ4n) is 5.22. The van der Waals surface area contributed by atoms with Crippen LogP contribution in [0.1, 0.15) is 57.5 Å². The number of rotatable bonds is 15. The molecule has 1 aromatic heterocycles.